The predicted octanol–water partition coefficient (Wildman–Crippen LogP) is 1.29. The van der Waals surface area contributed by atoms with Gasteiger partial charge in [-0.05, 0) is 31.9 Å². The SMILES string of the molecule is CC1CC(N)CCN1C(=O)c1cnn2ccccc12. The molecule has 1 saturated heterocycles. The number of piperidine rings is 1. The minimum Gasteiger partial charge on any atom is -0.336 e. The number of amides is 1. The number of aromatic nitrogens is 2. The molecule has 3 heterocycles. The Hall–Kier alpha value is -1.88. The molecule has 5 heteroatoms. The van der Waals surface area contributed by atoms with Crippen LogP contribution in [0.3, 0.4) is 0 Å². The van der Waals surface area contributed by atoms with Gasteiger partial charge in [-0.1, -0.05) is 6.07 Å². The summed E-state index contributed by atoms with van der Waals surface area (Å²) in [5.41, 5.74) is 7.47. The second-order valence-electron chi connectivity index (χ2n) is 5.22. The van der Waals surface area contributed by atoms with Crippen molar-refractivity contribution >= 4 is 11.4 Å². The van der Waals surface area contributed by atoms with Gasteiger partial charge in [0.1, 0.15) is 0 Å². The van der Waals surface area contributed by atoms with Gasteiger partial charge in [-0.3, -0.25) is 4.79 Å². The molecule has 1 aliphatic rings. The maximum absolute atomic E-state index is 12.6. The van der Waals surface area contributed by atoms with Crippen molar-refractivity contribution in [2.75, 3.05) is 6.54 Å². The molecule has 0 aliphatic carbocycles. The first kappa shape index (κ1) is 12.2. The van der Waals surface area contributed by atoms with E-state index in [0.717, 1.165) is 24.9 Å². The lowest BCUT2D eigenvalue weighted by atomic mass is 9.98. The summed E-state index contributed by atoms with van der Waals surface area (Å²) >= 11 is 0. The number of nitrogens with two attached hydrogens (primary N) is 1. The summed E-state index contributed by atoms with van der Waals surface area (Å²) in [5.74, 6) is 0.0561. The third-order valence-corrected chi connectivity index (χ3v) is 3.83. The number of hydrogen-bond donors (Lipinski definition) is 1. The predicted molar refractivity (Wildman–Crippen MR) is 72.9 cm³/mol. The first-order valence-corrected chi connectivity index (χ1v) is 6.65. The topological polar surface area (TPSA) is 63.6 Å². The van der Waals surface area contributed by atoms with Gasteiger partial charge in [-0.15, -0.1) is 0 Å². The van der Waals surface area contributed by atoms with Crippen molar-refractivity contribution in [1.82, 2.24) is 14.5 Å². The van der Waals surface area contributed by atoms with Gasteiger partial charge in [0.25, 0.3) is 5.91 Å². The van der Waals surface area contributed by atoms with Gasteiger partial charge < -0.3 is 10.6 Å². The summed E-state index contributed by atoms with van der Waals surface area (Å²) in [6, 6.07) is 6.14. The standard InChI is InChI=1S/C14H18N4O/c1-10-8-11(15)5-7-17(10)14(19)12-9-16-18-6-3-2-4-13(12)18/h2-4,6,9-11H,5,7-8,15H2,1H3. The number of rotatable bonds is 1. The van der Waals surface area contributed by atoms with Crippen molar-refractivity contribution in [3.05, 3.63) is 36.2 Å². The first-order valence-electron chi connectivity index (χ1n) is 6.65. The number of carbonyl (C=O) groups excluding carboxylic acids is 1. The zero-order chi connectivity index (χ0) is 13.4. The normalized spacial score (nSPS) is 23.8. The maximum Gasteiger partial charge on any atom is 0.257 e. The van der Waals surface area contributed by atoms with Gasteiger partial charge in [-0.2, -0.15) is 5.10 Å². The van der Waals surface area contributed by atoms with Crippen molar-refractivity contribution in [2.45, 2.75) is 31.8 Å². The Morgan fingerprint density at radius 2 is 2.32 bits per heavy atom. The molecule has 0 bridgehead atoms. The van der Waals surface area contributed by atoms with E-state index < -0.39 is 0 Å². The van der Waals surface area contributed by atoms with E-state index in [1.54, 1.807) is 10.7 Å². The van der Waals surface area contributed by atoms with Gasteiger partial charge in [-0.25, -0.2) is 4.52 Å². The Labute approximate surface area is 112 Å². The number of nitrogens with zero attached hydrogens (tertiary/aromatic N) is 3. The van der Waals surface area contributed by atoms with Crippen molar-refractivity contribution in [3.8, 4) is 0 Å². The quantitative estimate of drug-likeness (QED) is 0.838. The molecule has 0 aromatic carbocycles. The molecule has 2 aromatic heterocycles. The summed E-state index contributed by atoms with van der Waals surface area (Å²) in [6.45, 7) is 2.79. The molecule has 1 aliphatic heterocycles. The highest BCUT2D eigenvalue weighted by Crippen LogP contribution is 2.20. The van der Waals surface area contributed by atoms with Gasteiger partial charge in [0.15, 0.2) is 0 Å². The monoisotopic (exact) mass is 258 g/mol. The van der Waals surface area contributed by atoms with Crippen LogP contribution in [0.1, 0.15) is 30.1 Å². The van der Waals surface area contributed by atoms with E-state index in [4.69, 9.17) is 5.73 Å². The average Bonchev–Trinajstić information content (AvgIpc) is 2.82. The number of carbonyl (C=O) groups is 1. The fourth-order valence-corrected chi connectivity index (χ4v) is 2.76. The van der Waals surface area contributed by atoms with Crippen LogP contribution in [0.2, 0.25) is 0 Å². The molecular weight excluding hydrogens is 240 g/mol. The van der Waals surface area contributed by atoms with Crippen LogP contribution in [0.15, 0.2) is 30.6 Å². The van der Waals surface area contributed by atoms with Crippen molar-refractivity contribution < 1.29 is 4.79 Å². The van der Waals surface area contributed by atoms with Gasteiger partial charge in [0.05, 0.1) is 17.3 Å². The maximum atomic E-state index is 12.6. The number of pyridine rings is 1. The third kappa shape index (κ3) is 2.10. The summed E-state index contributed by atoms with van der Waals surface area (Å²) < 4.78 is 1.73. The molecule has 0 radical (unpaired) electrons. The highest BCUT2D eigenvalue weighted by atomic mass is 16.2. The lowest BCUT2D eigenvalue weighted by molar-refractivity contribution is 0.0621. The number of hydrogen-bond acceptors (Lipinski definition) is 3. The first-order chi connectivity index (χ1) is 9.16. The van der Waals surface area contributed by atoms with E-state index in [0.29, 0.717) is 5.56 Å². The summed E-state index contributed by atoms with van der Waals surface area (Å²) in [7, 11) is 0. The molecule has 2 N–H and O–H groups in total. The summed E-state index contributed by atoms with van der Waals surface area (Å²) in [5, 5.41) is 4.22. The van der Waals surface area contributed by atoms with E-state index in [9.17, 15) is 4.79 Å². The van der Waals surface area contributed by atoms with Crippen LogP contribution in [-0.4, -0.2) is 39.0 Å². The minimum atomic E-state index is 0.0561. The zero-order valence-electron chi connectivity index (χ0n) is 11.0. The molecule has 19 heavy (non-hydrogen) atoms. The van der Waals surface area contributed by atoms with E-state index in [1.807, 2.05) is 29.3 Å². The Morgan fingerprint density at radius 1 is 1.47 bits per heavy atom. The van der Waals surface area contributed by atoms with E-state index in [1.165, 1.54) is 0 Å². The van der Waals surface area contributed by atoms with Crippen LogP contribution < -0.4 is 5.73 Å². The molecule has 2 atom stereocenters. The molecule has 0 saturated carbocycles. The van der Waals surface area contributed by atoms with Gasteiger partial charge in [0, 0.05) is 24.8 Å². The fraction of sp³-hybridized carbons (Fsp3) is 0.429. The molecule has 2 unspecified atom stereocenters. The Morgan fingerprint density at radius 3 is 3.11 bits per heavy atom. The van der Waals surface area contributed by atoms with Crippen LogP contribution in [0, 0.1) is 0 Å². The molecule has 2 aromatic rings. The smallest absolute Gasteiger partial charge is 0.257 e. The lowest BCUT2D eigenvalue weighted by Gasteiger charge is -2.36. The highest BCUT2D eigenvalue weighted by molar-refractivity contribution is 6.00. The second-order valence-corrected chi connectivity index (χ2v) is 5.22. The molecular formula is C14H18N4O. The fourth-order valence-electron chi connectivity index (χ4n) is 2.76. The third-order valence-electron chi connectivity index (χ3n) is 3.83. The van der Waals surface area contributed by atoms with Crippen LogP contribution in [0.4, 0.5) is 0 Å². The Balaban J connectivity index is 1.91. The molecule has 100 valence electrons. The van der Waals surface area contributed by atoms with Gasteiger partial charge in [0.2, 0.25) is 0 Å². The van der Waals surface area contributed by atoms with Crippen LogP contribution in [0.25, 0.3) is 5.52 Å². The highest BCUT2D eigenvalue weighted by Gasteiger charge is 2.29. The number of fused-ring (bicyclic) bond motifs is 1. The van der Waals surface area contributed by atoms with Crippen molar-refractivity contribution in [1.29, 1.82) is 0 Å². The van der Waals surface area contributed by atoms with Crippen LogP contribution in [0.5, 0.6) is 0 Å². The number of likely N-dealkylation sites (tertiary alicyclic amines) is 1. The van der Waals surface area contributed by atoms with Crippen LogP contribution >= 0.6 is 0 Å². The molecule has 1 amide bonds. The van der Waals surface area contributed by atoms with Crippen molar-refractivity contribution in [3.63, 3.8) is 0 Å². The van der Waals surface area contributed by atoms with E-state index >= 15 is 0 Å². The second kappa shape index (κ2) is 4.66. The molecule has 5 nitrogen and oxygen atoms in total. The summed E-state index contributed by atoms with van der Waals surface area (Å²) in [4.78, 5) is 14.5. The molecule has 1 fully saturated rings. The average molecular weight is 258 g/mol. The van der Waals surface area contributed by atoms with E-state index in [-0.39, 0.29) is 18.0 Å². The molecule has 3 rings (SSSR count). The zero-order valence-corrected chi connectivity index (χ0v) is 11.0. The molecule has 0 spiro atoms. The Bertz CT molecular complexity index is 606. The van der Waals surface area contributed by atoms with E-state index in [2.05, 4.69) is 12.0 Å². The lowest BCUT2D eigenvalue weighted by Crippen LogP contribution is -2.48. The Kier molecular flexibility index (Phi) is 2.98. The largest absolute Gasteiger partial charge is 0.336 e. The minimum absolute atomic E-state index is 0.0561. The van der Waals surface area contributed by atoms with Crippen LogP contribution in [-0.2, 0) is 0 Å². The summed E-state index contributed by atoms with van der Waals surface area (Å²) in [6.07, 6.45) is 5.24. The van der Waals surface area contributed by atoms with Crippen molar-refractivity contribution in [2.24, 2.45) is 5.73 Å². The van der Waals surface area contributed by atoms with Gasteiger partial charge >= 0.3 is 0 Å².